The molecule has 8 amide bonds. The van der Waals surface area contributed by atoms with Gasteiger partial charge in [-0.05, 0) is 59.8 Å². The number of nitrogens with one attached hydrogen (secondary N) is 8. The Balaban J connectivity index is 1.46. The second kappa shape index (κ2) is 27.8. The molecule has 3 heterocycles. The Morgan fingerprint density at radius 1 is 0.526 bits per heavy atom. The zero-order valence-corrected chi connectivity index (χ0v) is 45.6. The quantitative estimate of drug-likeness (QED) is 0.0866. The molecule has 19 heteroatoms. The second-order valence-electron chi connectivity index (χ2n) is 20.6. The number of H-pyrrole nitrogens is 1. The fourth-order valence-corrected chi connectivity index (χ4v) is 10.4. The van der Waals surface area contributed by atoms with Crippen LogP contribution >= 0.6 is 0 Å². The van der Waals surface area contributed by atoms with E-state index in [1.807, 2.05) is 76.2 Å². The van der Waals surface area contributed by atoms with Crippen molar-refractivity contribution in [1.29, 1.82) is 0 Å². The highest BCUT2D eigenvalue weighted by atomic mass is 32.2. The highest BCUT2D eigenvalue weighted by Gasteiger charge is 2.42. The third-order valence-corrected chi connectivity index (χ3v) is 15.9. The number of para-hydroxylation sites is 1. The van der Waals surface area contributed by atoms with Crippen LogP contribution in [0.1, 0.15) is 96.8 Å². The van der Waals surface area contributed by atoms with E-state index in [0.29, 0.717) is 42.4 Å². The molecule has 8 N–H and O–H groups in total. The van der Waals surface area contributed by atoms with E-state index in [0.717, 1.165) is 10.9 Å². The summed E-state index contributed by atoms with van der Waals surface area (Å²) < 4.78 is 12.5. The summed E-state index contributed by atoms with van der Waals surface area (Å²) in [4.78, 5) is 123. The maximum atomic E-state index is 15.0. The molecule has 2 aliphatic heterocycles. The van der Waals surface area contributed by atoms with Gasteiger partial charge in [0.25, 0.3) is 0 Å². The predicted octanol–water partition coefficient (Wildman–Crippen LogP) is 3.50. The molecule has 0 bridgehead atoms. The van der Waals surface area contributed by atoms with Crippen molar-refractivity contribution >= 4 is 69.0 Å². The summed E-state index contributed by atoms with van der Waals surface area (Å²) in [5.74, 6) is -6.68. The van der Waals surface area contributed by atoms with E-state index in [1.165, 1.54) is 11.2 Å². The van der Waals surface area contributed by atoms with Gasteiger partial charge in [-0.3, -0.25) is 42.6 Å². The zero-order chi connectivity index (χ0) is 55.1. The molecule has 0 spiro atoms. The van der Waals surface area contributed by atoms with Crippen molar-refractivity contribution in [2.45, 2.75) is 148 Å². The Morgan fingerprint density at radius 3 is 1.50 bits per heavy atom. The first-order valence-electron chi connectivity index (χ1n) is 26.8. The van der Waals surface area contributed by atoms with Crippen LogP contribution in [-0.2, 0) is 68.4 Å². The fourth-order valence-electron chi connectivity index (χ4n) is 9.79. The molecule has 4 aromatic rings. The number of carbonyl (C=O) groups is 8. The average Bonchev–Trinajstić information content (AvgIpc) is 4.09. The van der Waals surface area contributed by atoms with Crippen LogP contribution in [0.5, 0.6) is 0 Å². The number of nitrogens with zero attached hydrogens (tertiary/aromatic N) is 1. The number of aromatic amines is 1. The topological polar surface area (TPSA) is 257 Å². The molecule has 0 saturated carbocycles. The first-order chi connectivity index (χ1) is 36.4. The smallest absolute Gasteiger partial charge is 0.246 e. The van der Waals surface area contributed by atoms with E-state index in [9.17, 15) is 42.6 Å². The molecular weight excluding hydrogens is 987 g/mol. The molecule has 6 rings (SSSR count). The van der Waals surface area contributed by atoms with Crippen molar-refractivity contribution in [3.8, 4) is 0 Å². The largest absolute Gasteiger partial charge is 0.361 e. The molecule has 76 heavy (non-hydrogen) atoms. The van der Waals surface area contributed by atoms with Crippen LogP contribution < -0.4 is 37.2 Å². The second-order valence-corrected chi connectivity index (χ2v) is 22.1. The van der Waals surface area contributed by atoms with Crippen LogP contribution in [0, 0.1) is 17.8 Å². The molecule has 18 nitrogen and oxygen atoms in total. The lowest BCUT2D eigenvalue weighted by molar-refractivity contribution is -0.144. The maximum absolute atomic E-state index is 15.0. The Bertz CT molecular complexity index is 2690. The number of hydrogen-bond acceptors (Lipinski definition) is 9. The van der Waals surface area contributed by atoms with Crippen LogP contribution in [0.25, 0.3) is 10.9 Å². The molecule has 3 aromatic carbocycles. The van der Waals surface area contributed by atoms with Crippen molar-refractivity contribution in [2.75, 3.05) is 18.6 Å². The van der Waals surface area contributed by atoms with Crippen molar-refractivity contribution in [3.63, 3.8) is 0 Å². The molecule has 1 aromatic heterocycles. The molecule has 2 aliphatic rings. The standard InChI is InChI=1S/C57H77N9O9S/c1-8-34(4)47-55(72)59-42(27-29-76(7)75)50(67)63-48(35(5)9-2)56(73)65-49(36(6)10-3)57(74)66-28-19-26-46(66)54(71)62-44(31-38-22-15-12-16-23-38)52(69)60-43(30-37-20-13-11-14-21-37)51(68)61-45(53(70)64-47)32-39-33-58-41-25-18-17-24-40(39)41/h11-18,20-25,33-36,42-49,58H,8-10,19,26-32H2,1-7H3,(H,59,72)(H,60,69)(H,61,68)(H,62,71)(H,63,67)(H,64,70)(H,65,73)/t34-,35+,36-,42-,43-,44-,45+,46-,47+,48-,49-,76-/m0/s1. The van der Waals surface area contributed by atoms with Gasteiger partial charge < -0.3 is 47.1 Å². The number of rotatable bonds is 15. The van der Waals surface area contributed by atoms with Gasteiger partial charge in [-0.2, -0.15) is 0 Å². The summed E-state index contributed by atoms with van der Waals surface area (Å²) >= 11 is 0. The molecule has 0 unspecified atom stereocenters. The van der Waals surface area contributed by atoms with Gasteiger partial charge in [0, 0.05) is 65.7 Å². The molecule has 2 saturated heterocycles. The van der Waals surface area contributed by atoms with E-state index in [4.69, 9.17) is 0 Å². The van der Waals surface area contributed by atoms with Gasteiger partial charge in [-0.1, -0.05) is 140 Å². The van der Waals surface area contributed by atoms with Crippen LogP contribution in [0.3, 0.4) is 0 Å². The zero-order valence-electron chi connectivity index (χ0n) is 44.8. The molecule has 0 radical (unpaired) electrons. The van der Waals surface area contributed by atoms with Crippen molar-refractivity contribution in [2.24, 2.45) is 17.8 Å². The Morgan fingerprint density at radius 2 is 0.961 bits per heavy atom. The summed E-state index contributed by atoms with van der Waals surface area (Å²) in [5.41, 5.74) is 2.87. The van der Waals surface area contributed by atoms with Crippen molar-refractivity contribution in [1.82, 2.24) is 47.1 Å². The number of benzene rings is 3. The van der Waals surface area contributed by atoms with Gasteiger partial charge in [0.15, 0.2) is 0 Å². The van der Waals surface area contributed by atoms with E-state index in [-0.39, 0.29) is 44.4 Å². The SMILES string of the molecule is CC[C@@H](C)[C@@H]1NC(=O)[C@H](CC[S@](C)=O)NC(=O)[C@@H]([C@@H](C)CC)NC(=O)[C@@H](Cc2c[nH]c3ccccc23)NC(=O)[C@H](Cc2ccccc2)NC(=O)[C@H](Cc2ccccc2)NC(=O)[C@@H]2CCCN2C(=O)[C@H]([C@@H](C)CC)NC1=O. The molecule has 2 fully saturated rings. The van der Waals surface area contributed by atoms with Gasteiger partial charge >= 0.3 is 0 Å². The van der Waals surface area contributed by atoms with E-state index < -0.39 is 124 Å². The van der Waals surface area contributed by atoms with Crippen LogP contribution in [0.15, 0.2) is 91.1 Å². The minimum absolute atomic E-state index is 0.0126. The maximum Gasteiger partial charge on any atom is 0.246 e. The first-order valence-corrected chi connectivity index (χ1v) is 28.5. The lowest BCUT2D eigenvalue weighted by Crippen LogP contribution is -2.63. The van der Waals surface area contributed by atoms with Crippen molar-refractivity contribution < 1.29 is 42.6 Å². The molecular formula is C57H77N9O9S. The Kier molecular flexibility index (Phi) is 21.3. The fraction of sp³-hybridized carbons (Fsp3) is 0.509. The molecule has 410 valence electrons. The first kappa shape index (κ1) is 58.4. The molecule has 0 aliphatic carbocycles. The third-order valence-electron chi connectivity index (χ3n) is 15.1. The van der Waals surface area contributed by atoms with E-state index in [1.54, 1.807) is 56.4 Å². The predicted molar refractivity (Wildman–Crippen MR) is 292 cm³/mol. The van der Waals surface area contributed by atoms with E-state index in [2.05, 4.69) is 42.2 Å². The highest BCUT2D eigenvalue weighted by Crippen LogP contribution is 2.24. The van der Waals surface area contributed by atoms with Gasteiger partial charge in [0.2, 0.25) is 47.3 Å². The monoisotopic (exact) mass is 1060 g/mol. The van der Waals surface area contributed by atoms with E-state index >= 15 is 0 Å². The third kappa shape index (κ3) is 15.4. The van der Waals surface area contributed by atoms with Crippen LogP contribution in [0.2, 0.25) is 0 Å². The van der Waals surface area contributed by atoms with Gasteiger partial charge in [0.1, 0.15) is 48.3 Å². The number of carbonyl (C=O) groups excluding carboxylic acids is 8. The van der Waals surface area contributed by atoms with Gasteiger partial charge in [-0.15, -0.1) is 0 Å². The summed E-state index contributed by atoms with van der Waals surface area (Å²) in [5, 5.41) is 21.1. The summed E-state index contributed by atoms with van der Waals surface area (Å²) in [7, 11) is -1.39. The normalized spacial score (nSPS) is 25.5. The van der Waals surface area contributed by atoms with Crippen LogP contribution in [-0.4, -0.2) is 128 Å². The number of amides is 8. The average molecular weight is 1060 g/mol. The minimum Gasteiger partial charge on any atom is -0.361 e. The Hall–Kier alpha value is -6.89. The van der Waals surface area contributed by atoms with Crippen LogP contribution in [0.4, 0.5) is 0 Å². The van der Waals surface area contributed by atoms with Gasteiger partial charge in [-0.25, -0.2) is 0 Å². The number of aromatic nitrogens is 1. The number of hydrogen-bond donors (Lipinski definition) is 8. The van der Waals surface area contributed by atoms with Crippen molar-refractivity contribution in [3.05, 3.63) is 108 Å². The minimum atomic E-state index is -1.39. The lowest BCUT2D eigenvalue weighted by atomic mass is 9.94. The summed E-state index contributed by atoms with van der Waals surface area (Å²) in [6.07, 6.45) is 5.15. The summed E-state index contributed by atoms with van der Waals surface area (Å²) in [6.45, 7) is 11.1. The van der Waals surface area contributed by atoms with Gasteiger partial charge in [0.05, 0.1) is 0 Å². The highest BCUT2D eigenvalue weighted by molar-refractivity contribution is 7.84. The molecule has 12 atom stereocenters. The lowest BCUT2D eigenvalue weighted by Gasteiger charge is -2.34. The Labute approximate surface area is 448 Å². The summed E-state index contributed by atoms with van der Waals surface area (Å²) in [6, 6.07) is 15.8. The number of fused-ring (bicyclic) bond motifs is 2.